The molecule has 0 spiro atoms. The number of carboxylic acid groups (broad SMARTS) is 1. The van der Waals surface area contributed by atoms with Crippen LogP contribution in [-0.4, -0.2) is 11.1 Å². The van der Waals surface area contributed by atoms with Gasteiger partial charge in [-0.2, -0.15) is 0 Å². The van der Waals surface area contributed by atoms with E-state index in [4.69, 9.17) is 5.11 Å². The predicted octanol–water partition coefficient (Wildman–Crippen LogP) is 3.31. The molecular formula is C13H22O2. The van der Waals surface area contributed by atoms with Gasteiger partial charge in [0.1, 0.15) is 0 Å². The molecule has 86 valence electrons. The highest BCUT2D eigenvalue weighted by Gasteiger charge is 2.61. The first kappa shape index (κ1) is 11.0. The molecular weight excluding hydrogens is 188 g/mol. The van der Waals surface area contributed by atoms with Crippen LogP contribution in [0.25, 0.3) is 0 Å². The van der Waals surface area contributed by atoms with Gasteiger partial charge in [-0.1, -0.05) is 46.0 Å². The minimum atomic E-state index is -0.583. The maximum Gasteiger partial charge on any atom is 0.307 e. The maximum absolute atomic E-state index is 11.0. The van der Waals surface area contributed by atoms with Gasteiger partial charge in [-0.25, -0.2) is 0 Å². The normalized spacial score (nSPS) is 35.1. The smallest absolute Gasteiger partial charge is 0.307 e. The van der Waals surface area contributed by atoms with Crippen molar-refractivity contribution in [1.82, 2.24) is 0 Å². The topological polar surface area (TPSA) is 37.3 Å². The lowest BCUT2D eigenvalue weighted by Gasteiger charge is -2.21. The van der Waals surface area contributed by atoms with E-state index < -0.39 is 5.97 Å². The van der Waals surface area contributed by atoms with Crippen LogP contribution >= 0.6 is 0 Å². The molecule has 2 atom stereocenters. The number of carbonyl (C=O) groups is 1. The monoisotopic (exact) mass is 210 g/mol. The van der Waals surface area contributed by atoms with Gasteiger partial charge in [0.15, 0.2) is 0 Å². The molecule has 2 nitrogen and oxygen atoms in total. The van der Waals surface area contributed by atoms with Crippen molar-refractivity contribution in [3.63, 3.8) is 0 Å². The molecule has 0 saturated heterocycles. The molecule has 0 radical (unpaired) electrons. The van der Waals surface area contributed by atoms with Crippen molar-refractivity contribution in [2.75, 3.05) is 0 Å². The lowest BCUT2D eigenvalue weighted by molar-refractivity contribution is -0.139. The lowest BCUT2D eigenvalue weighted by atomic mass is 9.84. The van der Waals surface area contributed by atoms with Crippen LogP contribution in [0.1, 0.15) is 52.4 Å². The lowest BCUT2D eigenvalue weighted by Crippen LogP contribution is -2.09. The van der Waals surface area contributed by atoms with E-state index in [-0.39, 0.29) is 11.3 Å². The highest BCUT2D eigenvalue weighted by atomic mass is 16.4. The summed E-state index contributed by atoms with van der Waals surface area (Å²) in [7, 11) is 0. The summed E-state index contributed by atoms with van der Waals surface area (Å²) in [6.45, 7) is 4.22. The molecule has 2 aliphatic rings. The Kier molecular flexibility index (Phi) is 2.78. The third-order valence-electron chi connectivity index (χ3n) is 4.63. The van der Waals surface area contributed by atoms with Crippen molar-refractivity contribution in [2.45, 2.75) is 52.4 Å². The predicted molar refractivity (Wildman–Crippen MR) is 59.6 cm³/mol. The molecule has 0 heterocycles. The van der Waals surface area contributed by atoms with Crippen molar-refractivity contribution in [3.05, 3.63) is 0 Å². The van der Waals surface area contributed by atoms with Gasteiger partial charge in [-0.15, -0.1) is 0 Å². The molecule has 0 bridgehead atoms. The van der Waals surface area contributed by atoms with Gasteiger partial charge >= 0.3 is 5.97 Å². The van der Waals surface area contributed by atoms with Crippen LogP contribution in [0.15, 0.2) is 0 Å². The summed E-state index contributed by atoms with van der Waals surface area (Å²) >= 11 is 0. The van der Waals surface area contributed by atoms with Crippen LogP contribution in [0.2, 0.25) is 0 Å². The van der Waals surface area contributed by atoms with Gasteiger partial charge in [-0.05, 0) is 23.7 Å². The van der Waals surface area contributed by atoms with Crippen LogP contribution in [0.5, 0.6) is 0 Å². The van der Waals surface area contributed by atoms with Gasteiger partial charge < -0.3 is 5.11 Å². The second kappa shape index (κ2) is 3.80. The molecule has 0 amide bonds. The molecule has 0 aromatic heterocycles. The third kappa shape index (κ3) is 2.04. The van der Waals surface area contributed by atoms with Crippen LogP contribution in [0.4, 0.5) is 0 Å². The average Bonchev–Trinajstić information content (AvgIpc) is 2.70. The second-order valence-electron chi connectivity index (χ2n) is 5.98. The molecule has 2 aliphatic carbocycles. The number of aliphatic carboxylic acids is 1. The van der Waals surface area contributed by atoms with Crippen molar-refractivity contribution in [1.29, 1.82) is 0 Å². The fourth-order valence-electron chi connectivity index (χ4n) is 3.46. The first-order chi connectivity index (χ1) is 7.03. The highest BCUT2D eigenvalue weighted by molar-refractivity contribution is 5.75. The summed E-state index contributed by atoms with van der Waals surface area (Å²) in [6, 6.07) is 0. The van der Waals surface area contributed by atoms with E-state index >= 15 is 0 Å². The van der Waals surface area contributed by atoms with E-state index in [2.05, 4.69) is 13.8 Å². The summed E-state index contributed by atoms with van der Waals surface area (Å²) in [6.07, 6.45) is 7.92. The Morgan fingerprint density at radius 1 is 1.27 bits per heavy atom. The van der Waals surface area contributed by atoms with E-state index in [0.717, 1.165) is 12.3 Å². The molecule has 2 fully saturated rings. The molecule has 2 heteroatoms. The van der Waals surface area contributed by atoms with E-state index in [1.807, 2.05) is 0 Å². The summed E-state index contributed by atoms with van der Waals surface area (Å²) in [5.41, 5.74) is 0.0588. The fourth-order valence-corrected chi connectivity index (χ4v) is 3.46. The minimum absolute atomic E-state index is 0.0588. The van der Waals surface area contributed by atoms with Crippen molar-refractivity contribution >= 4 is 5.97 Å². The Bertz CT molecular complexity index is 251. The van der Waals surface area contributed by atoms with Crippen LogP contribution in [0.3, 0.4) is 0 Å². The molecule has 15 heavy (non-hydrogen) atoms. The first-order valence-electron chi connectivity index (χ1n) is 6.26. The van der Waals surface area contributed by atoms with Crippen molar-refractivity contribution in [2.24, 2.45) is 23.2 Å². The van der Waals surface area contributed by atoms with Crippen molar-refractivity contribution in [3.8, 4) is 0 Å². The van der Waals surface area contributed by atoms with Crippen LogP contribution < -0.4 is 0 Å². The number of carboxylic acids is 1. The molecule has 2 unspecified atom stereocenters. The van der Waals surface area contributed by atoms with Gasteiger partial charge in [0.25, 0.3) is 0 Å². The Morgan fingerprint density at radius 3 is 2.33 bits per heavy atom. The fraction of sp³-hybridized carbons (Fsp3) is 0.923. The van der Waals surface area contributed by atoms with Gasteiger partial charge in [0.2, 0.25) is 0 Å². The molecule has 0 aromatic rings. The van der Waals surface area contributed by atoms with E-state index in [0.29, 0.717) is 5.92 Å². The van der Waals surface area contributed by atoms with Gasteiger partial charge in [0.05, 0.1) is 5.92 Å². The zero-order chi connectivity index (χ0) is 11.1. The molecule has 2 rings (SSSR count). The minimum Gasteiger partial charge on any atom is -0.481 e. The number of hydrogen-bond donors (Lipinski definition) is 1. The SMILES string of the molecule is CC1(C)C(CC2CCCCC2)C1C(=O)O. The standard InChI is InChI=1S/C13H22O2/c1-13(2)10(11(13)12(14)15)8-9-6-4-3-5-7-9/h9-11H,3-8H2,1-2H3,(H,14,15). The molecule has 1 N–H and O–H groups in total. The van der Waals surface area contributed by atoms with E-state index in [9.17, 15) is 4.79 Å². The van der Waals surface area contributed by atoms with Crippen LogP contribution in [-0.2, 0) is 4.79 Å². The zero-order valence-electron chi connectivity index (χ0n) is 9.83. The van der Waals surface area contributed by atoms with E-state index in [1.165, 1.54) is 32.1 Å². The summed E-state index contributed by atoms with van der Waals surface area (Å²) in [5, 5.41) is 9.09. The Morgan fingerprint density at radius 2 is 1.87 bits per heavy atom. The third-order valence-corrected chi connectivity index (χ3v) is 4.63. The number of rotatable bonds is 3. The van der Waals surface area contributed by atoms with Crippen LogP contribution in [0, 0.1) is 23.2 Å². The summed E-state index contributed by atoms with van der Waals surface area (Å²) in [4.78, 5) is 11.0. The zero-order valence-corrected chi connectivity index (χ0v) is 9.83. The Balaban J connectivity index is 1.88. The molecule has 0 aliphatic heterocycles. The summed E-state index contributed by atoms with van der Waals surface area (Å²) in [5.74, 6) is 0.603. The first-order valence-corrected chi connectivity index (χ1v) is 6.26. The van der Waals surface area contributed by atoms with Gasteiger partial charge in [-0.3, -0.25) is 4.79 Å². The van der Waals surface area contributed by atoms with E-state index in [1.54, 1.807) is 0 Å². The number of hydrogen-bond acceptors (Lipinski definition) is 1. The average molecular weight is 210 g/mol. The van der Waals surface area contributed by atoms with Crippen molar-refractivity contribution < 1.29 is 9.90 Å². The Labute approximate surface area is 92.1 Å². The second-order valence-corrected chi connectivity index (χ2v) is 5.98. The van der Waals surface area contributed by atoms with Gasteiger partial charge in [0, 0.05) is 0 Å². The highest BCUT2D eigenvalue weighted by Crippen LogP contribution is 2.61. The Hall–Kier alpha value is -0.530. The molecule has 0 aromatic carbocycles. The largest absolute Gasteiger partial charge is 0.481 e. The molecule has 2 saturated carbocycles. The maximum atomic E-state index is 11.0. The quantitative estimate of drug-likeness (QED) is 0.776. The summed E-state index contributed by atoms with van der Waals surface area (Å²) < 4.78 is 0.